The Balaban J connectivity index is 0. The first-order chi connectivity index (χ1) is 0. The Morgan fingerprint density at radius 1 is 0.500 bits per heavy atom. The Morgan fingerprint density at radius 3 is 0.500 bits per heavy atom. The van der Waals surface area contributed by atoms with Crippen molar-refractivity contribution in [3.05, 3.63) is 0 Å². The molecule has 0 rings (SSSR count). The van der Waals surface area contributed by atoms with Gasteiger partial charge in [-0.15, -0.1) is 0 Å². The molecule has 0 aliphatic rings. The van der Waals surface area contributed by atoms with Gasteiger partial charge in [0.2, 0.25) is 0 Å². The summed E-state index contributed by atoms with van der Waals surface area (Å²) in [5.74, 6) is 0. The zero-order valence-electron chi connectivity index (χ0n) is 2.23. The molecule has 0 bridgehead atoms. The normalized spacial score (nSPS) is 0. The van der Waals surface area contributed by atoms with Crippen LogP contribution >= 0.6 is 0 Å². The van der Waals surface area contributed by atoms with Crippen molar-refractivity contribution < 1.29 is 31.1 Å². The summed E-state index contributed by atoms with van der Waals surface area (Å²) in [6, 6.07) is 0. The summed E-state index contributed by atoms with van der Waals surface area (Å²) in [5, 5.41) is 0. The van der Waals surface area contributed by atoms with E-state index in [4.69, 9.17) is 0 Å². The van der Waals surface area contributed by atoms with E-state index >= 15 is 0 Å². The molecule has 0 aromatic heterocycles. The Hall–Kier alpha value is 3.66. The van der Waals surface area contributed by atoms with E-state index in [1.54, 1.807) is 0 Å². The molecule has 0 aliphatic carbocycles. The van der Waals surface area contributed by atoms with Crippen LogP contribution in [-0.2, 0) is 0 Å². The van der Waals surface area contributed by atoms with Crippen LogP contribution in [-0.4, -0.2) is 77.5 Å². The van der Waals surface area contributed by atoms with E-state index in [0.717, 1.165) is 0 Å². The molecule has 0 aromatic carbocycles. The van der Waals surface area contributed by atoms with Gasteiger partial charge < -0.3 is 0 Å². The maximum Gasteiger partial charge on any atom is 0 e. The monoisotopic (exact) mass is 583 g/mol. The molecule has 0 spiro atoms. The van der Waals surface area contributed by atoms with Crippen molar-refractivity contribution >= 4 is 77.5 Å². The zero-order chi connectivity index (χ0) is 0. The van der Waals surface area contributed by atoms with Crippen molar-refractivity contribution in [3.63, 3.8) is 0 Å². The van der Waals surface area contributed by atoms with Gasteiger partial charge in [0, 0.05) is 109 Å². The fraction of sp³-hybridized carbons (Fsp3) is 0. The van der Waals surface area contributed by atoms with Crippen molar-refractivity contribution in [2.45, 2.75) is 0 Å². The van der Waals surface area contributed by atoms with Gasteiger partial charge in [-0.25, -0.2) is 0 Å². The SMILES string of the molecule is [In].[In].[In].[U]. The maximum absolute atomic E-state index is 0. The predicted molar refractivity (Wildman–Crippen MR) is 17.3 cm³/mol. The Kier molecular flexibility index (Phi) is 101. The van der Waals surface area contributed by atoms with E-state index in [1.807, 2.05) is 0 Å². The van der Waals surface area contributed by atoms with Crippen molar-refractivity contribution in [1.82, 2.24) is 0 Å². The molecule has 4 heavy (non-hydrogen) atoms. The van der Waals surface area contributed by atoms with Gasteiger partial charge in [-0.2, -0.15) is 0 Å². The smallest absolute Gasteiger partial charge is 0 e. The first-order valence-corrected chi connectivity index (χ1v) is 0. The minimum absolute atomic E-state index is 0. The van der Waals surface area contributed by atoms with Gasteiger partial charge in [0.1, 0.15) is 0 Å². The van der Waals surface area contributed by atoms with Gasteiger partial charge in [0.05, 0.1) is 0 Å². The van der Waals surface area contributed by atoms with E-state index in [9.17, 15) is 0 Å². The summed E-state index contributed by atoms with van der Waals surface area (Å²) in [5.41, 5.74) is 0. The predicted octanol–water partition coefficient (Wildman–Crippen LogP) is -1.14. The van der Waals surface area contributed by atoms with Crippen LogP contribution in [0.25, 0.3) is 0 Å². The van der Waals surface area contributed by atoms with Crippen LogP contribution in [0.3, 0.4) is 0 Å². The van der Waals surface area contributed by atoms with E-state index in [1.165, 1.54) is 0 Å². The number of rotatable bonds is 0. The molecule has 0 fully saturated rings. The summed E-state index contributed by atoms with van der Waals surface area (Å²) in [4.78, 5) is 0. The molecule has 0 heterocycles. The molecular weight excluding hydrogens is 582 g/mol. The Morgan fingerprint density at radius 2 is 0.500 bits per heavy atom. The molecule has 0 N–H and O–H groups in total. The fourth-order valence-electron chi connectivity index (χ4n) is 0. The number of hydrogen-bond acceptors (Lipinski definition) is 0. The third-order valence-corrected chi connectivity index (χ3v) is 0. The van der Waals surface area contributed by atoms with E-state index in [-0.39, 0.29) is 109 Å². The van der Waals surface area contributed by atoms with E-state index in [2.05, 4.69) is 0 Å². The second-order valence-electron chi connectivity index (χ2n) is 0. The second kappa shape index (κ2) is 15.9. The van der Waals surface area contributed by atoms with Crippen LogP contribution in [0.1, 0.15) is 0 Å². The van der Waals surface area contributed by atoms with Crippen molar-refractivity contribution in [2.24, 2.45) is 0 Å². The van der Waals surface area contributed by atoms with Gasteiger partial charge >= 0.3 is 0 Å². The molecular formula is In3U. The van der Waals surface area contributed by atoms with E-state index < -0.39 is 0 Å². The molecule has 13 valence electrons. The average Bonchev–Trinajstić information content (AvgIpc) is 0. The summed E-state index contributed by atoms with van der Waals surface area (Å²) in [7, 11) is 0. The molecule has 0 saturated carbocycles. The molecule has 0 nitrogen and oxygen atoms in total. The fourth-order valence-corrected chi connectivity index (χ4v) is 0. The topological polar surface area (TPSA) is 0 Å². The minimum Gasteiger partial charge on any atom is 0 e. The minimum atomic E-state index is 0. The molecule has 4 heteroatoms. The van der Waals surface area contributed by atoms with Crippen LogP contribution in [0.2, 0.25) is 0 Å². The van der Waals surface area contributed by atoms with Gasteiger partial charge in [-0.1, -0.05) is 0 Å². The second-order valence-corrected chi connectivity index (χ2v) is 0. The molecule has 0 aromatic rings. The standard InChI is InChI=1S/3In.U. The molecule has 0 aliphatic heterocycles. The maximum atomic E-state index is 0. The van der Waals surface area contributed by atoms with Gasteiger partial charge in [0.15, 0.2) is 0 Å². The Labute approximate surface area is 106 Å². The quantitative estimate of drug-likeness (QED) is 0.339. The van der Waals surface area contributed by atoms with Crippen molar-refractivity contribution in [3.8, 4) is 0 Å². The molecule has 0 unspecified atom stereocenters. The van der Waals surface area contributed by atoms with E-state index in [0.29, 0.717) is 0 Å². The van der Waals surface area contributed by atoms with Crippen LogP contribution < -0.4 is 0 Å². The third-order valence-electron chi connectivity index (χ3n) is 0. The summed E-state index contributed by atoms with van der Waals surface area (Å²) in [6.45, 7) is 0. The van der Waals surface area contributed by atoms with Crippen molar-refractivity contribution in [2.75, 3.05) is 0 Å². The first-order valence-electron chi connectivity index (χ1n) is 0. The average molecular weight is 582 g/mol. The molecule has 0 atom stereocenters. The molecule has 9 radical (unpaired) electrons. The molecule has 0 amide bonds. The Bertz CT molecular complexity index is 3.25. The van der Waals surface area contributed by atoms with Gasteiger partial charge in [-0.3, -0.25) is 0 Å². The summed E-state index contributed by atoms with van der Waals surface area (Å²) >= 11 is 0. The van der Waals surface area contributed by atoms with Gasteiger partial charge in [-0.05, 0) is 0 Å². The largest absolute Gasteiger partial charge is 0 e. The third kappa shape index (κ3) is 9.18. The van der Waals surface area contributed by atoms with Crippen LogP contribution in [0.15, 0.2) is 0 Å². The number of hydrogen-bond donors (Lipinski definition) is 0. The van der Waals surface area contributed by atoms with Crippen LogP contribution in [0.5, 0.6) is 0 Å². The zero-order valence-corrected chi connectivity index (χ0v) is 16.3. The van der Waals surface area contributed by atoms with Gasteiger partial charge in [0.25, 0.3) is 0 Å². The summed E-state index contributed by atoms with van der Waals surface area (Å²) < 4.78 is 0. The van der Waals surface area contributed by atoms with Crippen LogP contribution in [0.4, 0.5) is 0 Å². The summed E-state index contributed by atoms with van der Waals surface area (Å²) in [6.07, 6.45) is 0. The van der Waals surface area contributed by atoms with Crippen LogP contribution in [0, 0.1) is 31.1 Å². The van der Waals surface area contributed by atoms with Crippen molar-refractivity contribution in [1.29, 1.82) is 0 Å². The first kappa shape index (κ1) is 25.4. The molecule has 0 saturated heterocycles.